The van der Waals surface area contributed by atoms with E-state index in [1.54, 1.807) is 31.4 Å². The second kappa shape index (κ2) is 11.3. The minimum absolute atomic E-state index is 0.0177. The van der Waals surface area contributed by atoms with Crippen LogP contribution in [0, 0.1) is 0 Å². The predicted molar refractivity (Wildman–Crippen MR) is 139 cm³/mol. The smallest absolute Gasteiger partial charge is 0.269 e. The van der Waals surface area contributed by atoms with E-state index in [1.165, 1.54) is 17.0 Å². The highest BCUT2D eigenvalue weighted by atomic mass is 32.2. The topological polar surface area (TPSA) is 113 Å². The van der Waals surface area contributed by atoms with Gasteiger partial charge in [-0.3, -0.25) is 14.4 Å². The number of hydrogen-bond donors (Lipinski definition) is 1. The lowest BCUT2D eigenvalue weighted by Crippen LogP contribution is -2.53. The number of amides is 3. The highest BCUT2D eigenvalue weighted by Gasteiger charge is 2.40. The van der Waals surface area contributed by atoms with Crippen LogP contribution in [0.1, 0.15) is 62.9 Å². The van der Waals surface area contributed by atoms with Crippen molar-refractivity contribution >= 4 is 27.7 Å². The number of rotatable bonds is 10. The molecule has 3 rings (SSSR count). The zero-order valence-corrected chi connectivity index (χ0v) is 22.8. The third-order valence-corrected chi connectivity index (χ3v) is 7.88. The van der Waals surface area contributed by atoms with Gasteiger partial charge < -0.3 is 15.0 Å². The van der Waals surface area contributed by atoms with E-state index in [1.807, 2.05) is 39.8 Å². The van der Waals surface area contributed by atoms with Crippen molar-refractivity contribution in [3.05, 3.63) is 59.7 Å². The third-order valence-electron chi connectivity index (χ3n) is 6.04. The Labute approximate surface area is 218 Å². The summed E-state index contributed by atoms with van der Waals surface area (Å²) in [7, 11) is -2.39. The van der Waals surface area contributed by atoms with Crippen molar-refractivity contribution in [1.82, 2.24) is 14.5 Å². The summed E-state index contributed by atoms with van der Waals surface area (Å²) < 4.78 is 31.8. The SMILES string of the molecule is CC[C@H](C(=O)NC(C)(C)C)N(Cc1cccc(OC)c1)C(=O)CCCN1C(=O)c2ccccc2S1(=O)=O. The summed E-state index contributed by atoms with van der Waals surface area (Å²) in [5.41, 5.74) is 0.454. The number of hydrogen-bond acceptors (Lipinski definition) is 6. The van der Waals surface area contributed by atoms with Gasteiger partial charge in [0.05, 0.1) is 12.7 Å². The Bertz CT molecular complexity index is 1270. The molecule has 200 valence electrons. The van der Waals surface area contributed by atoms with Gasteiger partial charge in [0, 0.05) is 25.0 Å². The van der Waals surface area contributed by atoms with Crippen LogP contribution in [0.4, 0.5) is 0 Å². The van der Waals surface area contributed by atoms with Gasteiger partial charge in [-0.15, -0.1) is 0 Å². The molecule has 1 aliphatic rings. The van der Waals surface area contributed by atoms with Gasteiger partial charge >= 0.3 is 0 Å². The Morgan fingerprint density at radius 2 is 1.81 bits per heavy atom. The fourth-order valence-corrected chi connectivity index (χ4v) is 5.92. The summed E-state index contributed by atoms with van der Waals surface area (Å²) in [6.07, 6.45) is 0.495. The molecule has 0 aromatic heterocycles. The Kier molecular flexibility index (Phi) is 8.63. The van der Waals surface area contributed by atoms with Crippen molar-refractivity contribution in [3.63, 3.8) is 0 Å². The van der Waals surface area contributed by atoms with E-state index in [-0.39, 0.29) is 48.2 Å². The molecule has 2 aromatic rings. The fourth-order valence-electron chi connectivity index (χ4n) is 4.31. The van der Waals surface area contributed by atoms with Crippen molar-refractivity contribution < 1.29 is 27.5 Å². The first-order chi connectivity index (χ1) is 17.4. The van der Waals surface area contributed by atoms with Crippen LogP contribution in [-0.2, 0) is 26.2 Å². The quantitative estimate of drug-likeness (QED) is 0.505. The highest BCUT2D eigenvalue weighted by molar-refractivity contribution is 7.90. The number of nitrogens with one attached hydrogen (secondary N) is 1. The first-order valence-corrected chi connectivity index (χ1v) is 13.7. The monoisotopic (exact) mass is 529 g/mol. The van der Waals surface area contributed by atoms with Crippen molar-refractivity contribution in [2.24, 2.45) is 0 Å². The Morgan fingerprint density at radius 3 is 2.43 bits per heavy atom. The average Bonchev–Trinajstić information content (AvgIpc) is 3.03. The van der Waals surface area contributed by atoms with Crippen LogP contribution in [0.15, 0.2) is 53.4 Å². The van der Waals surface area contributed by atoms with Crippen molar-refractivity contribution in [2.45, 2.75) is 70.0 Å². The van der Waals surface area contributed by atoms with E-state index in [2.05, 4.69) is 5.32 Å². The largest absolute Gasteiger partial charge is 0.497 e. The van der Waals surface area contributed by atoms with Crippen molar-refractivity contribution in [1.29, 1.82) is 0 Å². The lowest BCUT2D eigenvalue weighted by molar-refractivity contribution is -0.142. The lowest BCUT2D eigenvalue weighted by atomic mass is 10.0. The Hall–Kier alpha value is -3.40. The molecule has 10 heteroatoms. The number of fused-ring (bicyclic) bond motifs is 1. The second-order valence-corrected chi connectivity index (χ2v) is 11.8. The van der Waals surface area contributed by atoms with Gasteiger partial charge in [0.2, 0.25) is 11.8 Å². The summed E-state index contributed by atoms with van der Waals surface area (Å²) in [5.74, 6) is -0.527. The maximum absolute atomic E-state index is 13.5. The van der Waals surface area contributed by atoms with Gasteiger partial charge in [0.1, 0.15) is 16.7 Å². The molecule has 0 unspecified atom stereocenters. The van der Waals surface area contributed by atoms with Crippen LogP contribution in [0.2, 0.25) is 0 Å². The molecule has 1 heterocycles. The molecule has 37 heavy (non-hydrogen) atoms. The van der Waals surface area contributed by atoms with E-state index in [0.717, 1.165) is 9.87 Å². The van der Waals surface area contributed by atoms with Gasteiger partial charge in [0.25, 0.3) is 15.9 Å². The van der Waals surface area contributed by atoms with Crippen LogP contribution >= 0.6 is 0 Å². The minimum Gasteiger partial charge on any atom is -0.497 e. The molecule has 0 fully saturated rings. The molecular weight excluding hydrogens is 494 g/mol. The van der Waals surface area contributed by atoms with E-state index in [9.17, 15) is 22.8 Å². The minimum atomic E-state index is -3.94. The van der Waals surface area contributed by atoms with Gasteiger partial charge in [0.15, 0.2) is 0 Å². The molecule has 1 aliphatic heterocycles. The van der Waals surface area contributed by atoms with Gasteiger partial charge in [-0.05, 0) is 63.4 Å². The first kappa shape index (κ1) is 28.2. The molecule has 0 saturated carbocycles. The predicted octanol–water partition coefficient (Wildman–Crippen LogP) is 3.34. The van der Waals surface area contributed by atoms with Gasteiger partial charge in [-0.1, -0.05) is 31.2 Å². The Balaban J connectivity index is 1.78. The number of ether oxygens (including phenoxy) is 1. The van der Waals surface area contributed by atoms with Crippen LogP contribution in [0.5, 0.6) is 5.75 Å². The van der Waals surface area contributed by atoms with Gasteiger partial charge in [-0.2, -0.15) is 0 Å². The normalized spacial score (nSPS) is 15.2. The standard InChI is InChI=1S/C27H35N3O6S/c1-6-22(25(32)28-27(2,3)4)29(18-19-11-9-12-20(17-19)36-5)24(31)15-10-16-30-26(33)21-13-7-8-14-23(21)37(30,34)35/h7-9,11-14,17,22H,6,10,15-16,18H2,1-5H3,(H,28,32)/t22-/m1/s1. The maximum Gasteiger partial charge on any atom is 0.269 e. The van der Waals surface area contributed by atoms with Crippen LogP contribution in [-0.4, -0.2) is 60.6 Å². The zero-order chi connectivity index (χ0) is 27.4. The maximum atomic E-state index is 13.5. The van der Waals surface area contributed by atoms with Crippen LogP contribution < -0.4 is 10.1 Å². The molecule has 0 aliphatic carbocycles. The first-order valence-electron chi connectivity index (χ1n) is 12.3. The van der Waals surface area contributed by atoms with E-state index in [4.69, 9.17) is 4.74 Å². The second-order valence-electron chi connectivity index (χ2n) is 10.0. The summed E-state index contributed by atoms with van der Waals surface area (Å²) in [6, 6.07) is 12.6. The van der Waals surface area contributed by atoms with E-state index in [0.29, 0.717) is 12.2 Å². The molecule has 9 nitrogen and oxygen atoms in total. The summed E-state index contributed by atoms with van der Waals surface area (Å²) in [6.45, 7) is 7.51. The molecule has 1 N–H and O–H groups in total. The number of methoxy groups -OCH3 is 1. The molecule has 0 saturated heterocycles. The number of benzene rings is 2. The van der Waals surface area contributed by atoms with E-state index < -0.39 is 27.5 Å². The fraction of sp³-hybridized carbons (Fsp3) is 0.444. The zero-order valence-electron chi connectivity index (χ0n) is 22.0. The molecule has 3 amide bonds. The van der Waals surface area contributed by atoms with Crippen molar-refractivity contribution in [2.75, 3.05) is 13.7 Å². The van der Waals surface area contributed by atoms with E-state index >= 15 is 0 Å². The number of carbonyl (C=O) groups excluding carboxylic acids is 3. The lowest BCUT2D eigenvalue weighted by Gasteiger charge is -2.33. The van der Waals surface area contributed by atoms with Gasteiger partial charge in [-0.25, -0.2) is 12.7 Å². The molecule has 1 atom stereocenters. The summed E-state index contributed by atoms with van der Waals surface area (Å²) in [4.78, 5) is 40.8. The summed E-state index contributed by atoms with van der Waals surface area (Å²) >= 11 is 0. The number of carbonyl (C=O) groups is 3. The highest BCUT2D eigenvalue weighted by Crippen LogP contribution is 2.30. The van der Waals surface area contributed by atoms with Crippen LogP contribution in [0.3, 0.4) is 0 Å². The number of nitrogens with zero attached hydrogens (tertiary/aromatic N) is 2. The Morgan fingerprint density at radius 1 is 1.11 bits per heavy atom. The molecule has 2 aromatic carbocycles. The van der Waals surface area contributed by atoms with Crippen molar-refractivity contribution in [3.8, 4) is 5.75 Å². The molecule has 0 bridgehead atoms. The average molecular weight is 530 g/mol. The van der Waals surface area contributed by atoms with Crippen LogP contribution in [0.25, 0.3) is 0 Å². The summed E-state index contributed by atoms with van der Waals surface area (Å²) in [5, 5.41) is 2.95. The third kappa shape index (κ3) is 6.49. The molecule has 0 radical (unpaired) electrons. The number of sulfonamides is 1. The molecule has 0 spiro atoms. The molecular formula is C27H35N3O6S.